The number of benzene rings is 1. The normalized spacial score (nSPS) is 12.9. The van der Waals surface area contributed by atoms with E-state index in [0.29, 0.717) is 35.3 Å². The van der Waals surface area contributed by atoms with E-state index in [9.17, 15) is 31.1 Å². The minimum Gasteiger partial charge on any atom is -0.494 e. The predicted octanol–water partition coefficient (Wildman–Crippen LogP) is 4.06. The lowest BCUT2D eigenvalue weighted by atomic mass is 10.1. The van der Waals surface area contributed by atoms with Gasteiger partial charge in [0.05, 0.1) is 16.8 Å². The van der Waals surface area contributed by atoms with Crippen molar-refractivity contribution in [1.82, 2.24) is 10.3 Å². The highest BCUT2D eigenvalue weighted by molar-refractivity contribution is 7.22. The van der Waals surface area contributed by atoms with Crippen molar-refractivity contribution < 1.29 is 35.9 Å². The van der Waals surface area contributed by atoms with E-state index >= 15 is 0 Å². The molecule has 1 amide bonds. The summed E-state index contributed by atoms with van der Waals surface area (Å²) in [7, 11) is 0. The summed E-state index contributed by atoms with van der Waals surface area (Å²) < 4.78 is 85.3. The number of fused-ring (bicyclic) bond motifs is 1. The topological polar surface area (TPSA) is 63.2 Å². The van der Waals surface area contributed by atoms with Gasteiger partial charge in [-0.3, -0.25) is 4.79 Å². The van der Waals surface area contributed by atoms with E-state index < -0.39 is 29.1 Å². The lowest BCUT2D eigenvalue weighted by Crippen LogP contribution is -2.71. The van der Waals surface area contributed by atoms with Gasteiger partial charge in [-0.25, -0.2) is 4.98 Å². The quantitative estimate of drug-likeness (QED) is 0.586. The Morgan fingerprint density at radius 3 is 2.31 bits per heavy atom. The lowest BCUT2D eigenvalue weighted by molar-refractivity contribution is -0.295. The highest BCUT2D eigenvalue weighted by Gasteiger charge is 2.72. The van der Waals surface area contributed by atoms with Crippen LogP contribution in [0.2, 0.25) is 0 Å². The molecule has 0 radical (unpaired) electrons. The minimum absolute atomic E-state index is 0.157. The molecule has 0 aliphatic rings. The molecular weight excluding hydrogens is 388 g/mol. The van der Waals surface area contributed by atoms with Gasteiger partial charge in [-0.05, 0) is 19.1 Å². The zero-order valence-corrected chi connectivity index (χ0v) is 14.2. The number of aromatic nitrogens is 1. The molecule has 0 bridgehead atoms. The van der Waals surface area contributed by atoms with E-state index in [2.05, 4.69) is 4.98 Å². The number of amides is 1. The summed E-state index contributed by atoms with van der Waals surface area (Å²) in [6.07, 6.45) is -11.7. The van der Waals surface area contributed by atoms with E-state index in [1.807, 2.05) is 0 Å². The van der Waals surface area contributed by atoms with Crippen LogP contribution in [0.3, 0.4) is 0 Å². The monoisotopic (exact) mass is 401 g/mol. The second-order valence-electron chi connectivity index (χ2n) is 5.13. The number of thiazole rings is 1. The van der Waals surface area contributed by atoms with Crippen molar-refractivity contribution in [2.45, 2.75) is 31.9 Å². The molecule has 0 spiro atoms. The molecule has 2 aromatic rings. The van der Waals surface area contributed by atoms with Crippen LogP contribution in [0.1, 0.15) is 13.8 Å². The van der Waals surface area contributed by atoms with Crippen LogP contribution in [0.5, 0.6) is 5.75 Å². The number of rotatable bonds is 5. The molecule has 0 aliphatic heterocycles. The van der Waals surface area contributed by atoms with E-state index in [4.69, 9.17) is 4.74 Å². The Morgan fingerprint density at radius 1 is 1.19 bits per heavy atom. The van der Waals surface area contributed by atoms with Crippen molar-refractivity contribution in [1.29, 1.82) is 0 Å². The van der Waals surface area contributed by atoms with Gasteiger partial charge in [-0.1, -0.05) is 11.3 Å². The van der Waals surface area contributed by atoms with Crippen LogP contribution in [0.4, 0.5) is 31.5 Å². The predicted molar refractivity (Wildman–Crippen MR) is 83.1 cm³/mol. The molecule has 0 fully saturated rings. The average Bonchev–Trinajstić information content (AvgIpc) is 2.85. The second kappa shape index (κ2) is 6.82. The maximum Gasteiger partial charge on any atom is 0.439 e. The number of halogens is 6. The summed E-state index contributed by atoms with van der Waals surface area (Å²) in [6.45, 7) is 2.60. The zero-order valence-electron chi connectivity index (χ0n) is 13.4. The Morgan fingerprint density at radius 2 is 1.81 bits per heavy atom. The molecule has 0 saturated carbocycles. The Kier molecular flexibility index (Phi) is 5.26. The number of hydrogen-bond donors (Lipinski definition) is 2. The molecule has 26 heavy (non-hydrogen) atoms. The van der Waals surface area contributed by atoms with Gasteiger partial charge in [-0.15, -0.1) is 0 Å². The van der Waals surface area contributed by atoms with Crippen LogP contribution in [0, 0.1) is 0 Å². The van der Waals surface area contributed by atoms with E-state index in [1.165, 1.54) is 23.5 Å². The smallest absolute Gasteiger partial charge is 0.439 e. The van der Waals surface area contributed by atoms with Crippen LogP contribution in [-0.2, 0) is 4.79 Å². The third-order valence-electron chi connectivity index (χ3n) is 3.18. The minimum atomic E-state index is -5.87. The Bertz CT molecular complexity index is 788. The molecule has 0 atom stereocenters. The van der Waals surface area contributed by atoms with Crippen LogP contribution < -0.4 is 15.4 Å². The fourth-order valence-corrected chi connectivity index (χ4v) is 3.02. The molecule has 0 aliphatic carbocycles. The van der Waals surface area contributed by atoms with Gasteiger partial charge in [0.2, 0.25) is 5.91 Å². The molecule has 2 rings (SSSR count). The molecule has 1 aromatic carbocycles. The van der Waals surface area contributed by atoms with E-state index in [0.717, 1.165) is 5.32 Å². The largest absolute Gasteiger partial charge is 0.494 e. The van der Waals surface area contributed by atoms with Gasteiger partial charge >= 0.3 is 18.0 Å². The average molecular weight is 401 g/mol. The van der Waals surface area contributed by atoms with Gasteiger partial charge in [-0.2, -0.15) is 26.3 Å². The number of nitrogens with one attached hydrogen (secondary N) is 2. The van der Waals surface area contributed by atoms with Crippen molar-refractivity contribution in [2.24, 2.45) is 0 Å². The number of carbonyl (C=O) groups excluding carboxylic acids is 1. The highest BCUT2D eigenvalue weighted by Crippen LogP contribution is 2.44. The van der Waals surface area contributed by atoms with Gasteiger partial charge in [0.25, 0.3) is 0 Å². The molecule has 144 valence electrons. The molecule has 0 saturated heterocycles. The molecule has 2 N–H and O–H groups in total. The molecule has 5 nitrogen and oxygen atoms in total. The standard InChI is InChI=1S/C14H13F6N3O2S/c1-3-25-8-4-5-10-9(6-8)21-11(26-10)23-12(13(15,16)17,14(18,19)20)22-7(2)24/h4-6H,3H2,1-2H3,(H,21,23)(H,22,24). The maximum absolute atomic E-state index is 13.3. The number of nitrogens with zero attached hydrogens (tertiary/aromatic N) is 1. The highest BCUT2D eigenvalue weighted by atomic mass is 32.1. The molecule has 0 unspecified atom stereocenters. The summed E-state index contributed by atoms with van der Waals surface area (Å²) in [6, 6.07) is 4.37. The van der Waals surface area contributed by atoms with Gasteiger partial charge < -0.3 is 15.4 Å². The first kappa shape index (κ1) is 20.1. The number of alkyl halides is 6. The number of ether oxygens (including phenoxy) is 1. The summed E-state index contributed by atoms with van der Waals surface area (Å²) in [5, 5.41) is 1.61. The lowest BCUT2D eigenvalue weighted by Gasteiger charge is -2.37. The Balaban J connectivity index is 2.51. The van der Waals surface area contributed by atoms with Crippen molar-refractivity contribution in [3.8, 4) is 5.75 Å². The maximum atomic E-state index is 13.3. The summed E-state index contributed by atoms with van der Waals surface area (Å²) in [5.74, 6) is -1.14. The fraction of sp³-hybridized carbons (Fsp3) is 0.429. The summed E-state index contributed by atoms with van der Waals surface area (Å²) in [4.78, 5) is 14.8. The first-order chi connectivity index (χ1) is 11.9. The Labute approximate surface area is 147 Å². The third-order valence-corrected chi connectivity index (χ3v) is 4.13. The van der Waals surface area contributed by atoms with Gasteiger partial charge in [0.15, 0.2) is 5.13 Å². The fourth-order valence-electron chi connectivity index (χ4n) is 2.12. The number of hydrogen-bond acceptors (Lipinski definition) is 5. The van der Waals surface area contributed by atoms with Crippen molar-refractivity contribution in [3.63, 3.8) is 0 Å². The van der Waals surface area contributed by atoms with Gasteiger partial charge in [0, 0.05) is 13.0 Å². The number of carbonyl (C=O) groups is 1. The second-order valence-corrected chi connectivity index (χ2v) is 6.16. The van der Waals surface area contributed by atoms with Crippen LogP contribution in [-0.4, -0.2) is 35.5 Å². The van der Waals surface area contributed by atoms with E-state index in [-0.39, 0.29) is 5.52 Å². The molecule has 12 heteroatoms. The summed E-state index contributed by atoms with van der Waals surface area (Å²) >= 11 is 0.581. The molecular formula is C14H13F6N3O2S. The van der Waals surface area contributed by atoms with Crippen molar-refractivity contribution in [2.75, 3.05) is 11.9 Å². The van der Waals surface area contributed by atoms with Gasteiger partial charge in [0.1, 0.15) is 5.75 Å². The van der Waals surface area contributed by atoms with Crippen LogP contribution in [0.25, 0.3) is 10.2 Å². The van der Waals surface area contributed by atoms with Crippen LogP contribution >= 0.6 is 11.3 Å². The zero-order chi connectivity index (χ0) is 19.8. The van der Waals surface area contributed by atoms with Crippen molar-refractivity contribution in [3.05, 3.63) is 18.2 Å². The van der Waals surface area contributed by atoms with E-state index in [1.54, 1.807) is 6.92 Å². The van der Waals surface area contributed by atoms with Crippen molar-refractivity contribution >= 4 is 32.6 Å². The number of anilines is 1. The first-order valence-electron chi connectivity index (χ1n) is 7.13. The third kappa shape index (κ3) is 3.79. The first-order valence-corrected chi connectivity index (χ1v) is 7.95. The molecule has 1 aromatic heterocycles. The molecule has 1 heterocycles. The Hall–Kier alpha value is -2.24. The summed E-state index contributed by atoms with van der Waals surface area (Å²) in [5.41, 5.74) is -4.51. The SMILES string of the molecule is CCOc1ccc2sc(NC(NC(C)=O)(C(F)(F)F)C(F)(F)F)nc2c1. The van der Waals surface area contributed by atoms with Crippen LogP contribution in [0.15, 0.2) is 18.2 Å².